The molecule has 0 bridgehead atoms. The number of carbonyl (C=O) groups excluding carboxylic acids is 1. The van der Waals surface area contributed by atoms with Gasteiger partial charge in [-0.1, -0.05) is 52.0 Å². The van der Waals surface area contributed by atoms with E-state index >= 15 is 0 Å². The Labute approximate surface area is 157 Å². The van der Waals surface area contributed by atoms with E-state index in [0.717, 1.165) is 38.3 Å². The molecule has 8 heteroatoms. The van der Waals surface area contributed by atoms with Crippen molar-refractivity contribution < 1.29 is 9.53 Å². The Hall–Kier alpha value is -1.12. The standard InChI is InChI=1S/C16H18BrN3O2S2/c1-2-14(21)20(12-6-7-12)15-18-19-16(24-15)23-9-8-22-13-5-3-4-11(17)10-13/h3-5,10,12H,2,6-9H2,1H3. The zero-order valence-electron chi connectivity index (χ0n) is 13.3. The first kappa shape index (κ1) is 17.7. The lowest BCUT2D eigenvalue weighted by Gasteiger charge is -2.17. The number of carbonyl (C=O) groups is 1. The maximum Gasteiger partial charge on any atom is 0.228 e. The van der Waals surface area contributed by atoms with Crippen molar-refractivity contribution in [3.8, 4) is 5.75 Å². The van der Waals surface area contributed by atoms with Gasteiger partial charge in [0, 0.05) is 22.7 Å². The number of hydrogen-bond acceptors (Lipinski definition) is 6. The van der Waals surface area contributed by atoms with Crippen molar-refractivity contribution in [2.45, 2.75) is 36.6 Å². The van der Waals surface area contributed by atoms with Gasteiger partial charge in [-0.25, -0.2) is 0 Å². The van der Waals surface area contributed by atoms with Crippen molar-refractivity contribution >= 4 is 50.1 Å². The molecule has 1 aromatic carbocycles. The summed E-state index contributed by atoms with van der Waals surface area (Å²) in [5, 5.41) is 9.12. The highest BCUT2D eigenvalue weighted by molar-refractivity contribution is 9.10. The van der Waals surface area contributed by atoms with Gasteiger partial charge in [0.2, 0.25) is 11.0 Å². The maximum absolute atomic E-state index is 12.1. The van der Waals surface area contributed by atoms with Crippen molar-refractivity contribution in [2.75, 3.05) is 17.3 Å². The minimum absolute atomic E-state index is 0.128. The van der Waals surface area contributed by atoms with E-state index in [1.807, 2.05) is 36.1 Å². The minimum Gasteiger partial charge on any atom is -0.493 e. The number of amides is 1. The number of halogens is 1. The largest absolute Gasteiger partial charge is 0.493 e. The van der Waals surface area contributed by atoms with Crippen LogP contribution in [-0.4, -0.2) is 34.5 Å². The third-order valence-corrected chi connectivity index (χ3v) is 5.97. The van der Waals surface area contributed by atoms with Crippen molar-refractivity contribution in [1.82, 2.24) is 10.2 Å². The number of rotatable bonds is 8. The van der Waals surface area contributed by atoms with Crippen LogP contribution in [0.5, 0.6) is 5.75 Å². The van der Waals surface area contributed by atoms with E-state index in [1.54, 1.807) is 11.8 Å². The lowest BCUT2D eigenvalue weighted by molar-refractivity contribution is -0.118. The smallest absolute Gasteiger partial charge is 0.228 e. The lowest BCUT2D eigenvalue weighted by Crippen LogP contribution is -2.32. The van der Waals surface area contributed by atoms with Gasteiger partial charge in [-0.2, -0.15) is 0 Å². The molecule has 1 fully saturated rings. The predicted molar refractivity (Wildman–Crippen MR) is 101 cm³/mol. The fourth-order valence-corrected chi connectivity index (χ4v) is 4.37. The Balaban J connectivity index is 1.50. The summed E-state index contributed by atoms with van der Waals surface area (Å²) in [6, 6.07) is 8.11. The second-order valence-electron chi connectivity index (χ2n) is 5.35. The molecule has 1 aromatic heterocycles. The first-order valence-electron chi connectivity index (χ1n) is 7.84. The molecule has 128 valence electrons. The zero-order chi connectivity index (χ0) is 16.9. The predicted octanol–water partition coefficient (Wildman–Crippen LogP) is 4.38. The highest BCUT2D eigenvalue weighted by atomic mass is 79.9. The molecule has 2 aromatic rings. The normalized spacial score (nSPS) is 13.8. The van der Waals surface area contributed by atoms with Crippen LogP contribution in [0.15, 0.2) is 33.1 Å². The van der Waals surface area contributed by atoms with Crippen LogP contribution < -0.4 is 9.64 Å². The third kappa shape index (κ3) is 4.70. The van der Waals surface area contributed by atoms with Gasteiger partial charge in [0.25, 0.3) is 0 Å². The summed E-state index contributed by atoms with van der Waals surface area (Å²) >= 11 is 6.51. The number of aromatic nitrogens is 2. The fraction of sp³-hybridized carbons (Fsp3) is 0.438. The topological polar surface area (TPSA) is 55.3 Å². The van der Waals surface area contributed by atoms with Gasteiger partial charge >= 0.3 is 0 Å². The summed E-state index contributed by atoms with van der Waals surface area (Å²) in [4.78, 5) is 13.9. The molecular weight excluding hydrogens is 410 g/mol. The van der Waals surface area contributed by atoms with Crippen molar-refractivity contribution in [2.24, 2.45) is 0 Å². The molecule has 3 rings (SSSR count). The molecular formula is C16H18BrN3O2S2. The van der Waals surface area contributed by atoms with E-state index in [2.05, 4.69) is 26.1 Å². The molecule has 1 aliphatic rings. The average molecular weight is 428 g/mol. The maximum atomic E-state index is 12.1. The molecule has 5 nitrogen and oxygen atoms in total. The molecule has 0 unspecified atom stereocenters. The first-order chi connectivity index (χ1) is 11.7. The van der Waals surface area contributed by atoms with Gasteiger partial charge < -0.3 is 4.74 Å². The zero-order valence-corrected chi connectivity index (χ0v) is 16.5. The molecule has 1 amide bonds. The van der Waals surface area contributed by atoms with Gasteiger partial charge in [0.1, 0.15) is 5.75 Å². The second kappa shape index (κ2) is 8.31. The summed E-state index contributed by atoms with van der Waals surface area (Å²) in [7, 11) is 0. The van der Waals surface area contributed by atoms with E-state index in [1.165, 1.54) is 11.3 Å². The Bertz CT molecular complexity index is 706. The van der Waals surface area contributed by atoms with Gasteiger partial charge in [0.05, 0.1) is 6.61 Å². The van der Waals surface area contributed by atoms with E-state index < -0.39 is 0 Å². The third-order valence-electron chi connectivity index (χ3n) is 3.46. The first-order valence-corrected chi connectivity index (χ1v) is 10.4. The van der Waals surface area contributed by atoms with Crippen LogP contribution >= 0.6 is 39.0 Å². The summed E-state index contributed by atoms with van der Waals surface area (Å²) in [6.07, 6.45) is 2.63. The molecule has 0 spiro atoms. The van der Waals surface area contributed by atoms with Crippen LogP contribution in [0.4, 0.5) is 5.13 Å². The Morgan fingerprint density at radius 3 is 3.00 bits per heavy atom. The highest BCUT2D eigenvalue weighted by Gasteiger charge is 2.35. The highest BCUT2D eigenvalue weighted by Crippen LogP contribution is 2.36. The summed E-state index contributed by atoms with van der Waals surface area (Å²) in [6.45, 7) is 2.48. The van der Waals surface area contributed by atoms with Gasteiger partial charge in [-0.3, -0.25) is 9.69 Å². The van der Waals surface area contributed by atoms with E-state index in [-0.39, 0.29) is 5.91 Å². The van der Waals surface area contributed by atoms with Crippen LogP contribution in [0.3, 0.4) is 0 Å². The Morgan fingerprint density at radius 1 is 1.46 bits per heavy atom. The van der Waals surface area contributed by atoms with Gasteiger partial charge in [-0.15, -0.1) is 10.2 Å². The summed E-state index contributed by atoms with van der Waals surface area (Å²) in [5.41, 5.74) is 0. The van der Waals surface area contributed by atoms with Crippen LogP contribution in [0.2, 0.25) is 0 Å². The quantitative estimate of drug-likeness (QED) is 0.355. The van der Waals surface area contributed by atoms with E-state index in [0.29, 0.717) is 19.1 Å². The molecule has 24 heavy (non-hydrogen) atoms. The minimum atomic E-state index is 0.128. The molecule has 1 heterocycles. The fourth-order valence-electron chi connectivity index (χ4n) is 2.17. The van der Waals surface area contributed by atoms with Crippen molar-refractivity contribution in [3.63, 3.8) is 0 Å². The monoisotopic (exact) mass is 427 g/mol. The molecule has 1 saturated carbocycles. The molecule has 0 radical (unpaired) electrons. The Kier molecular flexibility index (Phi) is 6.13. The number of hydrogen-bond donors (Lipinski definition) is 0. The Morgan fingerprint density at radius 2 is 2.29 bits per heavy atom. The molecule has 1 aliphatic carbocycles. The average Bonchev–Trinajstić information content (AvgIpc) is 3.30. The summed E-state index contributed by atoms with van der Waals surface area (Å²) < 4.78 is 7.58. The van der Waals surface area contributed by atoms with E-state index in [9.17, 15) is 4.79 Å². The number of thioether (sulfide) groups is 1. The van der Waals surface area contributed by atoms with Crippen molar-refractivity contribution in [1.29, 1.82) is 0 Å². The van der Waals surface area contributed by atoms with Gasteiger partial charge in [0.15, 0.2) is 4.34 Å². The van der Waals surface area contributed by atoms with Crippen molar-refractivity contribution in [3.05, 3.63) is 28.7 Å². The van der Waals surface area contributed by atoms with E-state index in [4.69, 9.17) is 4.74 Å². The molecule has 0 saturated heterocycles. The van der Waals surface area contributed by atoms with Crippen LogP contribution in [0.25, 0.3) is 0 Å². The van der Waals surface area contributed by atoms with Crippen LogP contribution in [0, 0.1) is 0 Å². The number of benzene rings is 1. The lowest BCUT2D eigenvalue weighted by atomic mass is 10.3. The number of ether oxygens (including phenoxy) is 1. The van der Waals surface area contributed by atoms with Crippen LogP contribution in [0.1, 0.15) is 26.2 Å². The number of anilines is 1. The second-order valence-corrected chi connectivity index (χ2v) is 8.57. The molecule has 0 aliphatic heterocycles. The summed E-state index contributed by atoms with van der Waals surface area (Å²) in [5.74, 6) is 1.76. The molecule has 0 N–H and O–H groups in total. The SMILES string of the molecule is CCC(=O)N(c1nnc(SCCOc2cccc(Br)c2)s1)C1CC1. The number of nitrogens with zero attached hydrogens (tertiary/aromatic N) is 3. The van der Waals surface area contributed by atoms with Gasteiger partial charge in [-0.05, 0) is 31.0 Å². The van der Waals surface area contributed by atoms with Crippen LogP contribution in [-0.2, 0) is 4.79 Å². The molecule has 0 atom stereocenters.